The number of halogens is 4. The maximum atomic E-state index is 14.3. The van der Waals surface area contributed by atoms with E-state index in [0.717, 1.165) is 62.3 Å². The maximum absolute atomic E-state index is 14.3. The third-order valence-electron chi connectivity index (χ3n) is 9.95. The molecule has 1 aromatic heterocycles. The van der Waals surface area contributed by atoms with Crippen molar-refractivity contribution in [1.29, 1.82) is 0 Å². The SMILES string of the molecule is CC[C@@H](C)[C@H](C(=O)O)N1C[C@H](CN2CCC(c3cc(Cc4ccc(OCC(F)(F)F)cc4)nn3CC)CC2)[C@@H](c2cccc(F)c2)C1. The van der Waals surface area contributed by atoms with Gasteiger partial charge in [0.25, 0.3) is 0 Å². The highest BCUT2D eigenvalue weighted by Crippen LogP contribution is 2.38. The van der Waals surface area contributed by atoms with Gasteiger partial charge in [0.15, 0.2) is 6.61 Å². The second kappa shape index (κ2) is 15.2. The molecule has 4 atom stereocenters. The highest BCUT2D eigenvalue weighted by molar-refractivity contribution is 5.74. The first-order chi connectivity index (χ1) is 22.4. The number of likely N-dealkylation sites (tertiary alicyclic amines) is 2. The number of rotatable bonds is 13. The molecule has 47 heavy (non-hydrogen) atoms. The van der Waals surface area contributed by atoms with Crippen LogP contribution in [0.2, 0.25) is 0 Å². The van der Waals surface area contributed by atoms with Crippen LogP contribution in [-0.4, -0.2) is 82.2 Å². The summed E-state index contributed by atoms with van der Waals surface area (Å²) in [6.45, 7) is 9.45. The molecule has 11 heteroatoms. The van der Waals surface area contributed by atoms with Crippen molar-refractivity contribution in [2.45, 2.75) is 77.1 Å². The van der Waals surface area contributed by atoms with Gasteiger partial charge in [0.1, 0.15) is 17.6 Å². The van der Waals surface area contributed by atoms with Gasteiger partial charge in [-0.25, -0.2) is 4.39 Å². The lowest BCUT2D eigenvalue weighted by molar-refractivity contribution is -0.153. The van der Waals surface area contributed by atoms with Gasteiger partial charge in [-0.2, -0.15) is 18.3 Å². The van der Waals surface area contributed by atoms with E-state index in [1.807, 2.05) is 19.9 Å². The summed E-state index contributed by atoms with van der Waals surface area (Å²) in [5.74, 6) is -0.260. The van der Waals surface area contributed by atoms with E-state index in [9.17, 15) is 27.5 Å². The number of aliphatic carboxylic acids is 1. The fourth-order valence-corrected chi connectivity index (χ4v) is 7.39. The summed E-state index contributed by atoms with van der Waals surface area (Å²) < 4.78 is 58.6. The van der Waals surface area contributed by atoms with Crippen LogP contribution in [0.3, 0.4) is 0 Å². The topological polar surface area (TPSA) is 70.8 Å². The van der Waals surface area contributed by atoms with Crippen molar-refractivity contribution in [2.75, 3.05) is 39.3 Å². The standard InChI is InChI=1S/C36H46F4N4O3/c1-4-24(3)34(35(45)46)43-21-28(32(22-43)27-7-6-8-29(37)18-27)20-42-15-13-26(14-16-42)33-19-30(41-44(33)5-2)17-25-9-11-31(12-10-25)47-23-36(38,39)40/h6-12,18-19,24,26,28,32,34H,4-5,13-17,20-23H2,1-3H3,(H,45,46)/t24-,28+,32-,34-/m1/s1. The second-order valence-corrected chi connectivity index (χ2v) is 13.2. The van der Waals surface area contributed by atoms with Crippen molar-refractivity contribution >= 4 is 5.97 Å². The predicted molar refractivity (Wildman–Crippen MR) is 172 cm³/mol. The number of hydrogen-bond donors (Lipinski definition) is 1. The van der Waals surface area contributed by atoms with Crippen LogP contribution in [0.25, 0.3) is 0 Å². The molecule has 2 aliphatic heterocycles. The van der Waals surface area contributed by atoms with Gasteiger partial charge in [0.2, 0.25) is 0 Å². The lowest BCUT2D eigenvalue weighted by Gasteiger charge is -2.35. The molecule has 0 bridgehead atoms. The van der Waals surface area contributed by atoms with Gasteiger partial charge < -0.3 is 14.7 Å². The molecule has 1 N–H and O–H groups in total. The minimum absolute atomic E-state index is 0.0140. The third-order valence-corrected chi connectivity index (χ3v) is 9.95. The number of carbonyl (C=O) groups is 1. The van der Waals surface area contributed by atoms with E-state index in [0.29, 0.717) is 25.4 Å². The Bertz CT molecular complexity index is 1470. The van der Waals surface area contributed by atoms with E-state index in [2.05, 4.69) is 27.5 Å². The minimum Gasteiger partial charge on any atom is -0.484 e. The van der Waals surface area contributed by atoms with Gasteiger partial charge >= 0.3 is 12.1 Å². The van der Waals surface area contributed by atoms with Crippen molar-refractivity contribution in [3.8, 4) is 5.75 Å². The molecular weight excluding hydrogens is 612 g/mol. The normalized spacial score (nSPS) is 21.2. The van der Waals surface area contributed by atoms with E-state index < -0.39 is 24.8 Å². The molecule has 0 amide bonds. The zero-order valence-corrected chi connectivity index (χ0v) is 27.4. The quantitative estimate of drug-likeness (QED) is 0.200. The molecule has 3 heterocycles. The zero-order valence-electron chi connectivity index (χ0n) is 27.4. The van der Waals surface area contributed by atoms with E-state index in [-0.39, 0.29) is 29.3 Å². The molecule has 0 unspecified atom stereocenters. The highest BCUT2D eigenvalue weighted by atomic mass is 19.4. The Labute approximate surface area is 274 Å². The first-order valence-electron chi connectivity index (χ1n) is 16.7. The van der Waals surface area contributed by atoms with Crippen molar-refractivity contribution in [3.05, 3.63) is 82.9 Å². The van der Waals surface area contributed by atoms with Crippen LogP contribution in [0.15, 0.2) is 54.6 Å². The smallest absolute Gasteiger partial charge is 0.422 e. The molecule has 3 aromatic rings. The van der Waals surface area contributed by atoms with E-state index in [1.165, 1.54) is 11.8 Å². The van der Waals surface area contributed by atoms with Gasteiger partial charge in [-0.3, -0.25) is 14.4 Å². The van der Waals surface area contributed by atoms with Gasteiger partial charge in [-0.05, 0) is 86.1 Å². The number of ether oxygens (including phenoxy) is 1. The molecule has 0 saturated carbocycles. The second-order valence-electron chi connectivity index (χ2n) is 13.2. The number of aryl methyl sites for hydroxylation is 1. The van der Waals surface area contributed by atoms with Crippen molar-refractivity contribution in [1.82, 2.24) is 19.6 Å². The van der Waals surface area contributed by atoms with Crippen LogP contribution < -0.4 is 4.74 Å². The van der Waals surface area contributed by atoms with Crippen LogP contribution in [0, 0.1) is 17.7 Å². The Morgan fingerprint density at radius 1 is 1.06 bits per heavy atom. The van der Waals surface area contributed by atoms with Gasteiger partial charge in [-0.1, -0.05) is 44.5 Å². The molecule has 5 rings (SSSR count). The summed E-state index contributed by atoms with van der Waals surface area (Å²) in [7, 11) is 0. The largest absolute Gasteiger partial charge is 0.484 e. The number of carboxylic acid groups (broad SMARTS) is 1. The third kappa shape index (κ3) is 8.93. The molecular formula is C36H46F4N4O3. The Morgan fingerprint density at radius 3 is 2.40 bits per heavy atom. The Balaban J connectivity index is 1.22. The van der Waals surface area contributed by atoms with Crippen LogP contribution in [-0.2, 0) is 17.8 Å². The molecule has 2 aromatic carbocycles. The molecule has 2 saturated heterocycles. The molecule has 2 fully saturated rings. The van der Waals surface area contributed by atoms with Crippen LogP contribution in [0.4, 0.5) is 17.6 Å². The summed E-state index contributed by atoms with van der Waals surface area (Å²) in [5.41, 5.74) is 4.01. The summed E-state index contributed by atoms with van der Waals surface area (Å²) in [6.07, 6.45) is -1.07. The zero-order chi connectivity index (χ0) is 33.7. The Hall–Kier alpha value is -3.44. The molecule has 2 aliphatic rings. The Morgan fingerprint density at radius 2 is 1.79 bits per heavy atom. The van der Waals surface area contributed by atoms with Gasteiger partial charge in [0, 0.05) is 50.1 Å². The number of hydrogen-bond acceptors (Lipinski definition) is 5. The fraction of sp³-hybridized carbons (Fsp3) is 0.556. The lowest BCUT2D eigenvalue weighted by atomic mass is 9.87. The first-order valence-corrected chi connectivity index (χ1v) is 16.7. The number of benzene rings is 2. The van der Waals surface area contributed by atoms with Crippen LogP contribution >= 0.6 is 0 Å². The summed E-state index contributed by atoms with van der Waals surface area (Å²) in [4.78, 5) is 16.9. The average molecular weight is 659 g/mol. The van der Waals surface area contributed by atoms with Crippen LogP contribution in [0.1, 0.15) is 74.4 Å². The van der Waals surface area contributed by atoms with Crippen molar-refractivity contribution < 1.29 is 32.2 Å². The first kappa shape index (κ1) is 34.9. The molecule has 0 spiro atoms. The summed E-state index contributed by atoms with van der Waals surface area (Å²) in [5, 5.41) is 14.9. The molecule has 256 valence electrons. The monoisotopic (exact) mass is 658 g/mol. The van der Waals surface area contributed by atoms with Crippen molar-refractivity contribution in [2.24, 2.45) is 11.8 Å². The number of piperidine rings is 1. The number of aromatic nitrogens is 2. The van der Waals surface area contributed by atoms with E-state index in [4.69, 9.17) is 9.84 Å². The lowest BCUT2D eigenvalue weighted by Crippen LogP contribution is -2.45. The molecule has 0 aliphatic carbocycles. The average Bonchev–Trinajstić information content (AvgIpc) is 3.64. The van der Waals surface area contributed by atoms with Crippen LogP contribution in [0.5, 0.6) is 5.75 Å². The molecule has 7 nitrogen and oxygen atoms in total. The highest BCUT2D eigenvalue weighted by Gasteiger charge is 2.42. The minimum atomic E-state index is -4.38. The number of carboxylic acids is 1. The van der Waals surface area contributed by atoms with E-state index >= 15 is 0 Å². The van der Waals surface area contributed by atoms with E-state index in [1.54, 1.807) is 36.4 Å². The molecule has 0 radical (unpaired) electrons. The summed E-state index contributed by atoms with van der Waals surface area (Å²) in [6, 6.07) is 15.0. The maximum Gasteiger partial charge on any atom is 0.422 e. The van der Waals surface area contributed by atoms with Crippen molar-refractivity contribution in [3.63, 3.8) is 0 Å². The fourth-order valence-electron chi connectivity index (χ4n) is 7.39. The van der Waals surface area contributed by atoms with Gasteiger partial charge in [-0.15, -0.1) is 0 Å². The summed E-state index contributed by atoms with van der Waals surface area (Å²) >= 11 is 0. The van der Waals surface area contributed by atoms with Gasteiger partial charge in [0.05, 0.1) is 5.69 Å². The number of nitrogens with zero attached hydrogens (tertiary/aromatic N) is 4. The Kier molecular flexibility index (Phi) is 11.3. The number of alkyl halides is 3. The predicted octanol–water partition coefficient (Wildman–Crippen LogP) is 6.97.